The van der Waals surface area contributed by atoms with Gasteiger partial charge >= 0.3 is 5.97 Å². The van der Waals surface area contributed by atoms with Crippen molar-refractivity contribution < 1.29 is 33.4 Å². The summed E-state index contributed by atoms with van der Waals surface area (Å²) in [5, 5.41) is 10.7. The van der Waals surface area contributed by atoms with Crippen LogP contribution in [0.2, 0.25) is 0 Å². The highest BCUT2D eigenvalue weighted by Crippen LogP contribution is 2.43. The minimum atomic E-state index is -0.934. The quantitative estimate of drug-likeness (QED) is 0.288. The Balaban J connectivity index is 1.48. The summed E-state index contributed by atoms with van der Waals surface area (Å²) < 4.78 is 25.4. The number of hydrogen-bond acceptors (Lipinski definition) is 6. The molecule has 1 N–H and O–H groups in total. The number of aliphatic carboxylic acids is 1. The molecule has 10 heteroatoms. The number of likely N-dealkylation sites (tertiary alicyclic amines) is 2. The van der Waals surface area contributed by atoms with Crippen molar-refractivity contribution in [1.29, 1.82) is 0 Å². The number of fused-ring (bicyclic) bond motifs is 1. The maximum atomic E-state index is 14.4. The van der Waals surface area contributed by atoms with Gasteiger partial charge in [-0.05, 0) is 73.1 Å². The average molecular weight is 638 g/mol. The maximum Gasteiger partial charge on any atom is 0.308 e. The molecule has 0 aliphatic carbocycles. The molecule has 2 saturated heterocycles. The molecule has 250 valence electrons. The van der Waals surface area contributed by atoms with Crippen molar-refractivity contribution in [3.8, 4) is 11.5 Å². The molecule has 2 aromatic carbocycles. The first-order chi connectivity index (χ1) is 21.9. The molecule has 0 aromatic heterocycles. The van der Waals surface area contributed by atoms with Crippen molar-refractivity contribution >= 4 is 23.5 Å². The van der Waals surface area contributed by atoms with Crippen LogP contribution in [0.4, 0.5) is 10.1 Å². The zero-order valence-electron chi connectivity index (χ0n) is 27.8. The smallest absolute Gasteiger partial charge is 0.308 e. The van der Waals surface area contributed by atoms with Gasteiger partial charge in [-0.3, -0.25) is 19.3 Å². The van der Waals surface area contributed by atoms with Gasteiger partial charge in [-0.1, -0.05) is 46.6 Å². The van der Waals surface area contributed by atoms with Crippen LogP contribution in [0.5, 0.6) is 11.5 Å². The molecule has 0 spiro atoms. The summed E-state index contributed by atoms with van der Waals surface area (Å²) in [6.07, 6.45) is 4.25. The number of halogens is 1. The van der Waals surface area contributed by atoms with Crippen LogP contribution in [0, 0.1) is 24.1 Å². The van der Waals surface area contributed by atoms with E-state index < -0.39 is 23.8 Å². The van der Waals surface area contributed by atoms with Crippen molar-refractivity contribution in [2.75, 3.05) is 37.9 Å². The fourth-order valence-electron chi connectivity index (χ4n) is 7.66. The second-order valence-electron chi connectivity index (χ2n) is 14.0. The first kappa shape index (κ1) is 33.7. The summed E-state index contributed by atoms with van der Waals surface area (Å²) >= 11 is 0. The third-order valence-corrected chi connectivity index (χ3v) is 9.79. The number of carboxylic acids is 1. The molecule has 9 nitrogen and oxygen atoms in total. The Kier molecular flexibility index (Phi) is 10.2. The average Bonchev–Trinajstić information content (AvgIpc) is 3.68. The number of carbonyl (C=O) groups is 3. The van der Waals surface area contributed by atoms with Crippen LogP contribution in [0.25, 0.3) is 0 Å². The highest BCUT2D eigenvalue weighted by Gasteiger charge is 2.48. The molecule has 0 saturated carbocycles. The lowest BCUT2D eigenvalue weighted by Crippen LogP contribution is -2.48. The van der Waals surface area contributed by atoms with E-state index in [0.29, 0.717) is 55.2 Å². The van der Waals surface area contributed by atoms with Gasteiger partial charge in [0.25, 0.3) is 0 Å². The summed E-state index contributed by atoms with van der Waals surface area (Å²) in [5.74, 6) is -1.33. The minimum Gasteiger partial charge on any atom is -0.481 e. The van der Waals surface area contributed by atoms with Crippen molar-refractivity contribution in [1.82, 2.24) is 9.80 Å². The number of amides is 2. The maximum absolute atomic E-state index is 14.4. The minimum absolute atomic E-state index is 0.00922. The van der Waals surface area contributed by atoms with E-state index in [-0.39, 0.29) is 42.4 Å². The monoisotopic (exact) mass is 637 g/mol. The van der Waals surface area contributed by atoms with Crippen LogP contribution in [-0.4, -0.2) is 77.7 Å². The normalized spacial score (nSPS) is 22.2. The Bertz CT molecular complexity index is 1440. The van der Waals surface area contributed by atoms with Crippen molar-refractivity contribution in [3.63, 3.8) is 0 Å². The van der Waals surface area contributed by atoms with Gasteiger partial charge in [0.2, 0.25) is 18.6 Å². The van der Waals surface area contributed by atoms with Gasteiger partial charge in [-0.15, -0.1) is 0 Å². The number of carbonyl (C=O) groups excluding carboxylic acids is 2. The Morgan fingerprint density at radius 3 is 2.43 bits per heavy atom. The third-order valence-electron chi connectivity index (χ3n) is 9.79. The number of carboxylic acid groups (broad SMARTS) is 1. The van der Waals surface area contributed by atoms with Gasteiger partial charge in [0.15, 0.2) is 11.5 Å². The largest absolute Gasteiger partial charge is 0.481 e. The Labute approximate surface area is 271 Å². The summed E-state index contributed by atoms with van der Waals surface area (Å²) in [6, 6.07) is 9.78. The summed E-state index contributed by atoms with van der Waals surface area (Å²) in [5.41, 5.74) is 1.80. The van der Waals surface area contributed by atoms with E-state index in [2.05, 4.69) is 27.7 Å². The van der Waals surface area contributed by atoms with Crippen molar-refractivity contribution in [2.24, 2.45) is 11.3 Å². The van der Waals surface area contributed by atoms with Gasteiger partial charge in [-0.25, -0.2) is 4.39 Å². The number of nitrogens with zero attached hydrogens (tertiary/aromatic N) is 3. The summed E-state index contributed by atoms with van der Waals surface area (Å²) in [6.45, 7) is 11.5. The van der Waals surface area contributed by atoms with Crippen LogP contribution < -0.4 is 14.4 Å². The lowest BCUT2D eigenvalue weighted by Gasteiger charge is -2.35. The van der Waals surface area contributed by atoms with Crippen LogP contribution in [-0.2, 0) is 14.4 Å². The molecule has 3 heterocycles. The van der Waals surface area contributed by atoms with Crippen LogP contribution in [0.15, 0.2) is 36.4 Å². The van der Waals surface area contributed by atoms with E-state index in [9.17, 15) is 23.9 Å². The van der Waals surface area contributed by atoms with E-state index in [4.69, 9.17) is 9.47 Å². The lowest BCUT2D eigenvalue weighted by molar-refractivity contribution is -0.143. The standard InChI is InChI=1S/C36H48FN3O6/c1-6-8-25(9-7-2)40(26-11-12-28(37)23(3)16-26)33(42)20-39-19-27(24-10-13-30-31(17-24)46-22-45-30)34(35(43)44)29(39)14-15-38-21-36(4,5)18-32(38)41/h10-13,16-17,25,27,29,34H,6-9,14-15,18-22H2,1-5H3,(H,43,44). The molecule has 5 rings (SSSR count). The van der Waals surface area contributed by atoms with E-state index in [0.717, 1.165) is 31.2 Å². The Morgan fingerprint density at radius 1 is 1.09 bits per heavy atom. The first-order valence-electron chi connectivity index (χ1n) is 16.6. The number of aryl methyl sites for hydroxylation is 1. The molecule has 46 heavy (non-hydrogen) atoms. The zero-order valence-corrected chi connectivity index (χ0v) is 27.8. The van der Waals surface area contributed by atoms with Gasteiger partial charge in [0, 0.05) is 49.7 Å². The van der Waals surface area contributed by atoms with E-state index in [1.807, 2.05) is 32.9 Å². The number of rotatable bonds is 13. The van der Waals surface area contributed by atoms with Gasteiger partial charge in [0.05, 0.1) is 12.5 Å². The van der Waals surface area contributed by atoms with Crippen molar-refractivity contribution in [2.45, 2.75) is 91.1 Å². The SMILES string of the molecule is CCCC(CCC)N(C(=O)CN1CC(c2ccc3c(c2)OCO3)C(C(=O)O)C1CCN1CC(C)(C)CC1=O)c1ccc(F)c(C)c1. The number of benzene rings is 2. The van der Waals surface area contributed by atoms with Gasteiger partial charge < -0.3 is 24.4 Å². The van der Waals surface area contributed by atoms with Crippen molar-refractivity contribution in [3.05, 3.63) is 53.3 Å². The topological polar surface area (TPSA) is 99.6 Å². The fourth-order valence-corrected chi connectivity index (χ4v) is 7.66. The molecule has 3 unspecified atom stereocenters. The molecule has 2 fully saturated rings. The van der Waals surface area contributed by atoms with Crippen LogP contribution >= 0.6 is 0 Å². The predicted octanol–water partition coefficient (Wildman–Crippen LogP) is 5.98. The molecular formula is C36H48FN3O6. The zero-order chi connectivity index (χ0) is 33.2. The molecule has 3 atom stereocenters. The van der Waals surface area contributed by atoms with E-state index in [1.165, 1.54) is 6.07 Å². The Hall–Kier alpha value is -3.66. The molecule has 3 aliphatic rings. The fraction of sp³-hybridized carbons (Fsp3) is 0.583. The predicted molar refractivity (Wildman–Crippen MR) is 174 cm³/mol. The number of hydrogen-bond donors (Lipinski definition) is 1. The first-order valence-corrected chi connectivity index (χ1v) is 16.6. The second kappa shape index (κ2) is 14.0. The van der Waals surface area contributed by atoms with E-state index >= 15 is 0 Å². The van der Waals surface area contributed by atoms with Gasteiger partial charge in [-0.2, -0.15) is 0 Å². The molecule has 2 amide bonds. The molecule has 3 aliphatic heterocycles. The Morgan fingerprint density at radius 2 is 1.80 bits per heavy atom. The molecular weight excluding hydrogens is 589 g/mol. The summed E-state index contributed by atoms with van der Waals surface area (Å²) in [4.78, 5) is 46.0. The third kappa shape index (κ3) is 7.17. The lowest BCUT2D eigenvalue weighted by atomic mass is 9.84. The van der Waals surface area contributed by atoms with Gasteiger partial charge in [0.1, 0.15) is 5.82 Å². The number of ether oxygens (including phenoxy) is 2. The highest BCUT2D eigenvalue weighted by molar-refractivity contribution is 5.95. The number of anilines is 1. The van der Waals surface area contributed by atoms with Crippen LogP contribution in [0.1, 0.15) is 83.3 Å². The van der Waals surface area contributed by atoms with E-state index in [1.54, 1.807) is 19.1 Å². The molecule has 0 radical (unpaired) electrons. The second-order valence-corrected chi connectivity index (χ2v) is 14.0. The summed E-state index contributed by atoms with van der Waals surface area (Å²) in [7, 11) is 0. The molecule has 0 bridgehead atoms. The highest BCUT2D eigenvalue weighted by atomic mass is 19.1. The van der Waals surface area contributed by atoms with Crippen LogP contribution in [0.3, 0.4) is 0 Å². The molecule has 2 aromatic rings.